The Kier molecular flexibility index (Phi) is 4.32. The summed E-state index contributed by atoms with van der Waals surface area (Å²) in [4.78, 5) is 10.2. The molecule has 0 saturated heterocycles. The second-order valence-corrected chi connectivity index (χ2v) is 2.97. The third-order valence-electron chi connectivity index (χ3n) is 1.83. The van der Waals surface area contributed by atoms with E-state index in [0.717, 1.165) is 6.08 Å². The van der Waals surface area contributed by atoms with E-state index in [4.69, 9.17) is 9.84 Å². The molecule has 1 rings (SSSR count). The van der Waals surface area contributed by atoms with Gasteiger partial charge in [0.15, 0.2) is 0 Å². The van der Waals surface area contributed by atoms with E-state index in [2.05, 4.69) is 5.32 Å². The molecule has 0 fully saturated rings. The van der Waals surface area contributed by atoms with Gasteiger partial charge in [-0.2, -0.15) is 0 Å². The Morgan fingerprint density at radius 3 is 3.00 bits per heavy atom. The van der Waals surface area contributed by atoms with E-state index in [-0.39, 0.29) is 5.82 Å². The van der Waals surface area contributed by atoms with Crippen LogP contribution in [0.15, 0.2) is 30.4 Å². The number of carboxylic acids is 1. The van der Waals surface area contributed by atoms with Crippen LogP contribution in [-0.4, -0.2) is 24.7 Å². The second-order valence-electron chi connectivity index (χ2n) is 2.97. The number of hydrogen-bond acceptors (Lipinski definition) is 3. The Morgan fingerprint density at radius 1 is 1.62 bits per heavy atom. The number of halogens is 1. The Balaban J connectivity index is 2.63. The molecular formula is C11H12FNO3. The summed E-state index contributed by atoms with van der Waals surface area (Å²) in [6.45, 7) is 0.328. The number of ether oxygens (including phenoxy) is 1. The van der Waals surface area contributed by atoms with Crippen molar-refractivity contribution in [1.29, 1.82) is 0 Å². The summed E-state index contributed by atoms with van der Waals surface area (Å²) in [5.41, 5.74) is 0.610. The van der Waals surface area contributed by atoms with Crippen LogP contribution in [0.5, 0.6) is 5.75 Å². The first kappa shape index (κ1) is 12.0. The van der Waals surface area contributed by atoms with E-state index in [1.807, 2.05) is 0 Å². The topological polar surface area (TPSA) is 58.6 Å². The van der Waals surface area contributed by atoms with Gasteiger partial charge in [0.2, 0.25) is 0 Å². The Hall–Kier alpha value is -2.04. The first-order chi connectivity index (χ1) is 7.63. The standard InChI is InChI=1S/C11H12FNO3/c1-16-10-7-8(12)4-5-9(10)13-6-2-3-11(14)15/h2-5,7,13H,6H2,1H3,(H,14,15)/b3-2+. The summed E-state index contributed by atoms with van der Waals surface area (Å²) in [7, 11) is 1.44. The zero-order valence-corrected chi connectivity index (χ0v) is 8.74. The molecule has 0 atom stereocenters. The number of aliphatic carboxylic acids is 1. The first-order valence-electron chi connectivity index (χ1n) is 4.60. The largest absolute Gasteiger partial charge is 0.494 e. The van der Waals surface area contributed by atoms with Gasteiger partial charge in [0.05, 0.1) is 12.8 Å². The fourth-order valence-electron chi connectivity index (χ4n) is 1.14. The van der Waals surface area contributed by atoms with E-state index in [1.54, 1.807) is 0 Å². The van der Waals surface area contributed by atoms with Crippen LogP contribution in [0.25, 0.3) is 0 Å². The molecule has 0 heterocycles. The molecule has 0 aliphatic heterocycles. The number of benzene rings is 1. The zero-order chi connectivity index (χ0) is 12.0. The quantitative estimate of drug-likeness (QED) is 0.751. The number of anilines is 1. The number of carbonyl (C=O) groups is 1. The fourth-order valence-corrected chi connectivity index (χ4v) is 1.14. The van der Waals surface area contributed by atoms with Gasteiger partial charge in [0, 0.05) is 18.7 Å². The van der Waals surface area contributed by atoms with Crippen LogP contribution >= 0.6 is 0 Å². The van der Waals surface area contributed by atoms with Crippen LogP contribution in [0.4, 0.5) is 10.1 Å². The molecule has 0 spiro atoms. The van der Waals surface area contributed by atoms with E-state index >= 15 is 0 Å². The predicted molar refractivity (Wildman–Crippen MR) is 58.2 cm³/mol. The van der Waals surface area contributed by atoms with E-state index in [1.165, 1.54) is 31.4 Å². The van der Waals surface area contributed by atoms with Gasteiger partial charge in [-0.25, -0.2) is 9.18 Å². The van der Waals surface area contributed by atoms with Crippen LogP contribution in [0.1, 0.15) is 0 Å². The molecule has 0 aromatic heterocycles. The molecule has 86 valence electrons. The molecule has 0 aliphatic rings. The molecule has 2 N–H and O–H groups in total. The SMILES string of the molecule is COc1cc(F)ccc1NC/C=C/C(=O)O. The highest BCUT2D eigenvalue weighted by Crippen LogP contribution is 2.24. The maximum absolute atomic E-state index is 12.8. The number of methoxy groups -OCH3 is 1. The van der Waals surface area contributed by atoms with E-state index in [0.29, 0.717) is 18.0 Å². The second kappa shape index (κ2) is 5.75. The van der Waals surface area contributed by atoms with Crippen LogP contribution in [0.2, 0.25) is 0 Å². The normalized spacial score (nSPS) is 10.4. The third-order valence-corrected chi connectivity index (χ3v) is 1.83. The third kappa shape index (κ3) is 3.61. The minimum atomic E-state index is -1.01. The summed E-state index contributed by atoms with van der Waals surface area (Å²) in [5, 5.41) is 11.3. The van der Waals surface area contributed by atoms with Gasteiger partial charge in [-0.05, 0) is 12.1 Å². The van der Waals surface area contributed by atoms with Crippen LogP contribution in [0, 0.1) is 5.82 Å². The summed E-state index contributed by atoms with van der Waals surface area (Å²) in [6, 6.07) is 4.08. The predicted octanol–water partition coefficient (Wildman–Crippen LogP) is 1.89. The maximum Gasteiger partial charge on any atom is 0.328 e. The van der Waals surface area contributed by atoms with Crippen LogP contribution in [-0.2, 0) is 4.79 Å². The van der Waals surface area contributed by atoms with Gasteiger partial charge in [0.25, 0.3) is 0 Å². The minimum absolute atomic E-state index is 0.328. The van der Waals surface area contributed by atoms with Gasteiger partial charge in [0.1, 0.15) is 11.6 Å². The molecule has 1 aromatic carbocycles. The molecule has 16 heavy (non-hydrogen) atoms. The van der Waals surface area contributed by atoms with Crippen molar-refractivity contribution in [3.8, 4) is 5.75 Å². The Morgan fingerprint density at radius 2 is 2.38 bits per heavy atom. The molecule has 4 nitrogen and oxygen atoms in total. The van der Waals surface area contributed by atoms with Gasteiger partial charge in [-0.1, -0.05) is 6.08 Å². The summed E-state index contributed by atoms with van der Waals surface area (Å²) < 4.78 is 17.8. The highest BCUT2D eigenvalue weighted by molar-refractivity contribution is 5.79. The molecule has 1 aromatic rings. The summed E-state index contributed by atoms with van der Waals surface area (Å²) in [5.74, 6) is -1.01. The van der Waals surface area contributed by atoms with Gasteiger partial charge < -0.3 is 15.2 Å². The number of rotatable bonds is 5. The Bertz CT molecular complexity index is 404. The van der Waals surface area contributed by atoms with E-state index < -0.39 is 5.97 Å². The van der Waals surface area contributed by atoms with Gasteiger partial charge in [-0.15, -0.1) is 0 Å². The monoisotopic (exact) mass is 225 g/mol. The van der Waals surface area contributed by atoms with Crippen molar-refractivity contribution in [2.75, 3.05) is 19.0 Å². The molecule has 0 radical (unpaired) electrons. The van der Waals surface area contributed by atoms with Crippen molar-refractivity contribution in [3.05, 3.63) is 36.2 Å². The molecular weight excluding hydrogens is 213 g/mol. The van der Waals surface area contributed by atoms with Crippen molar-refractivity contribution in [2.24, 2.45) is 0 Å². The number of carboxylic acid groups (broad SMARTS) is 1. The van der Waals surface area contributed by atoms with Crippen molar-refractivity contribution in [3.63, 3.8) is 0 Å². The van der Waals surface area contributed by atoms with Gasteiger partial charge >= 0.3 is 5.97 Å². The first-order valence-corrected chi connectivity index (χ1v) is 4.60. The van der Waals surface area contributed by atoms with E-state index in [9.17, 15) is 9.18 Å². The lowest BCUT2D eigenvalue weighted by molar-refractivity contribution is -0.131. The maximum atomic E-state index is 12.8. The molecule has 5 heteroatoms. The zero-order valence-electron chi connectivity index (χ0n) is 8.74. The number of nitrogens with one attached hydrogen (secondary N) is 1. The lowest BCUT2D eigenvalue weighted by Crippen LogP contribution is -2.01. The molecule has 0 bridgehead atoms. The molecule has 0 amide bonds. The lowest BCUT2D eigenvalue weighted by Gasteiger charge is -2.09. The van der Waals surface area contributed by atoms with Crippen molar-refractivity contribution >= 4 is 11.7 Å². The van der Waals surface area contributed by atoms with Crippen molar-refractivity contribution in [1.82, 2.24) is 0 Å². The highest BCUT2D eigenvalue weighted by Gasteiger charge is 2.02. The van der Waals surface area contributed by atoms with Crippen LogP contribution < -0.4 is 10.1 Å². The Labute approximate surface area is 92.4 Å². The lowest BCUT2D eigenvalue weighted by atomic mass is 10.3. The number of hydrogen-bond donors (Lipinski definition) is 2. The molecule has 0 unspecified atom stereocenters. The molecule has 0 saturated carbocycles. The smallest absolute Gasteiger partial charge is 0.328 e. The average Bonchev–Trinajstić information content (AvgIpc) is 2.25. The van der Waals surface area contributed by atoms with Gasteiger partial charge in [-0.3, -0.25) is 0 Å². The highest BCUT2D eigenvalue weighted by atomic mass is 19.1. The van der Waals surface area contributed by atoms with Crippen molar-refractivity contribution < 1.29 is 19.0 Å². The average molecular weight is 225 g/mol. The fraction of sp³-hybridized carbons (Fsp3) is 0.182. The van der Waals surface area contributed by atoms with Crippen molar-refractivity contribution in [2.45, 2.75) is 0 Å². The summed E-state index contributed by atoms with van der Waals surface area (Å²) >= 11 is 0. The summed E-state index contributed by atoms with van der Waals surface area (Å²) in [6.07, 6.45) is 2.48. The van der Waals surface area contributed by atoms with Crippen LogP contribution in [0.3, 0.4) is 0 Å². The minimum Gasteiger partial charge on any atom is -0.494 e. The molecule has 0 aliphatic carbocycles.